The summed E-state index contributed by atoms with van der Waals surface area (Å²) in [4.78, 5) is 13.6. The molecule has 0 aliphatic rings. The summed E-state index contributed by atoms with van der Waals surface area (Å²) >= 11 is 0. The number of rotatable bonds is 9. The van der Waals surface area contributed by atoms with Crippen molar-refractivity contribution in [3.63, 3.8) is 0 Å². The summed E-state index contributed by atoms with van der Waals surface area (Å²) in [6.07, 6.45) is 1.74. The fourth-order valence-corrected chi connectivity index (χ4v) is 2.00. The van der Waals surface area contributed by atoms with Crippen LogP contribution in [0.15, 0.2) is 0 Å². The smallest absolute Gasteiger partial charge is 0.323 e. The van der Waals surface area contributed by atoms with Crippen LogP contribution in [0.1, 0.15) is 47.5 Å². The number of hydrogen-bond acceptors (Lipinski definition) is 3. The summed E-state index contributed by atoms with van der Waals surface area (Å²) in [6, 6.07) is 0.178. The molecule has 0 radical (unpaired) electrons. The van der Waals surface area contributed by atoms with E-state index < -0.39 is 11.5 Å². The lowest BCUT2D eigenvalue weighted by Gasteiger charge is -2.31. The van der Waals surface area contributed by atoms with Gasteiger partial charge in [-0.3, -0.25) is 10.1 Å². The number of carboxylic acid groups (broad SMARTS) is 1. The minimum atomic E-state index is -0.824. The first-order valence-corrected chi connectivity index (χ1v) is 6.59. The van der Waals surface area contributed by atoms with Gasteiger partial charge in [-0.2, -0.15) is 0 Å². The molecule has 0 aromatic carbocycles. The summed E-state index contributed by atoms with van der Waals surface area (Å²) in [5.74, 6) is -0.765. The van der Waals surface area contributed by atoms with Gasteiger partial charge in [-0.25, -0.2) is 0 Å². The maximum Gasteiger partial charge on any atom is 0.323 e. The van der Waals surface area contributed by atoms with E-state index in [-0.39, 0.29) is 6.04 Å². The van der Waals surface area contributed by atoms with Crippen molar-refractivity contribution in [3.8, 4) is 0 Å². The molecule has 0 amide bonds. The molecule has 0 spiro atoms. The molecule has 4 heteroatoms. The zero-order valence-electron chi connectivity index (χ0n) is 11.9. The van der Waals surface area contributed by atoms with Crippen LogP contribution in [0.4, 0.5) is 0 Å². The summed E-state index contributed by atoms with van der Waals surface area (Å²) in [5, 5.41) is 12.5. The Morgan fingerprint density at radius 1 is 1.35 bits per heavy atom. The fraction of sp³-hybridized carbons (Fsp3) is 0.923. The van der Waals surface area contributed by atoms with Crippen molar-refractivity contribution in [3.05, 3.63) is 0 Å². The number of nitrogens with zero attached hydrogens (tertiary/aromatic N) is 1. The lowest BCUT2D eigenvalue weighted by Crippen LogP contribution is -2.53. The van der Waals surface area contributed by atoms with Crippen LogP contribution in [0, 0.1) is 0 Å². The molecule has 0 bridgehead atoms. The van der Waals surface area contributed by atoms with Crippen LogP contribution in [0.2, 0.25) is 0 Å². The van der Waals surface area contributed by atoms with E-state index in [0.29, 0.717) is 6.42 Å². The van der Waals surface area contributed by atoms with Crippen molar-refractivity contribution in [2.24, 2.45) is 0 Å². The highest BCUT2D eigenvalue weighted by atomic mass is 16.4. The Balaban J connectivity index is 4.39. The Kier molecular flexibility index (Phi) is 7.39. The van der Waals surface area contributed by atoms with E-state index in [1.54, 1.807) is 6.92 Å². The minimum Gasteiger partial charge on any atom is -0.480 e. The first-order valence-electron chi connectivity index (χ1n) is 6.59. The maximum absolute atomic E-state index is 11.3. The molecule has 0 aromatic heterocycles. The SMILES string of the molecule is CCCN(CC)CCC(C)(NC(C)C)C(=O)O. The van der Waals surface area contributed by atoms with Crippen molar-refractivity contribution in [2.45, 2.75) is 59.0 Å². The Labute approximate surface area is 105 Å². The lowest BCUT2D eigenvalue weighted by atomic mass is 9.96. The number of hydrogen-bond donors (Lipinski definition) is 2. The molecule has 0 aromatic rings. The van der Waals surface area contributed by atoms with Gasteiger partial charge in [0.05, 0.1) is 0 Å². The van der Waals surface area contributed by atoms with Crippen molar-refractivity contribution in [1.29, 1.82) is 0 Å². The third-order valence-electron chi connectivity index (χ3n) is 2.99. The van der Waals surface area contributed by atoms with Gasteiger partial charge in [0.15, 0.2) is 0 Å². The van der Waals surface area contributed by atoms with Gasteiger partial charge >= 0.3 is 5.97 Å². The van der Waals surface area contributed by atoms with Gasteiger partial charge in [-0.05, 0) is 46.7 Å². The van der Waals surface area contributed by atoms with E-state index in [1.807, 2.05) is 13.8 Å². The Morgan fingerprint density at radius 3 is 2.29 bits per heavy atom. The molecule has 0 aliphatic carbocycles. The van der Waals surface area contributed by atoms with Crippen LogP contribution in [-0.4, -0.2) is 47.2 Å². The molecule has 0 fully saturated rings. The molecule has 1 atom stereocenters. The number of carbonyl (C=O) groups is 1. The maximum atomic E-state index is 11.3. The Morgan fingerprint density at radius 2 is 1.94 bits per heavy atom. The lowest BCUT2D eigenvalue weighted by molar-refractivity contribution is -0.145. The zero-order chi connectivity index (χ0) is 13.5. The zero-order valence-corrected chi connectivity index (χ0v) is 11.9. The molecule has 0 saturated carbocycles. The third-order valence-corrected chi connectivity index (χ3v) is 2.99. The number of carboxylic acids is 1. The topological polar surface area (TPSA) is 52.6 Å². The highest BCUT2D eigenvalue weighted by Crippen LogP contribution is 2.12. The van der Waals surface area contributed by atoms with E-state index in [1.165, 1.54) is 0 Å². The standard InChI is InChI=1S/C13H28N2O2/c1-6-9-15(7-2)10-8-13(5,12(16)17)14-11(3)4/h11,14H,6-10H2,1-5H3,(H,16,17). The third kappa shape index (κ3) is 6.03. The molecular weight excluding hydrogens is 216 g/mol. The van der Waals surface area contributed by atoms with Gasteiger partial charge in [0.2, 0.25) is 0 Å². The van der Waals surface area contributed by atoms with E-state index in [4.69, 9.17) is 0 Å². The van der Waals surface area contributed by atoms with Gasteiger partial charge in [0, 0.05) is 12.6 Å². The molecule has 2 N–H and O–H groups in total. The van der Waals surface area contributed by atoms with Crippen LogP contribution in [0.3, 0.4) is 0 Å². The predicted molar refractivity (Wildman–Crippen MR) is 71.3 cm³/mol. The average Bonchev–Trinajstić information content (AvgIpc) is 2.23. The van der Waals surface area contributed by atoms with E-state index in [9.17, 15) is 9.90 Å². The van der Waals surface area contributed by atoms with E-state index in [2.05, 4.69) is 24.1 Å². The van der Waals surface area contributed by atoms with Crippen LogP contribution in [-0.2, 0) is 4.79 Å². The molecule has 0 heterocycles. The highest BCUT2D eigenvalue weighted by Gasteiger charge is 2.33. The van der Waals surface area contributed by atoms with Crippen LogP contribution in [0.5, 0.6) is 0 Å². The van der Waals surface area contributed by atoms with Crippen LogP contribution < -0.4 is 5.32 Å². The van der Waals surface area contributed by atoms with Gasteiger partial charge in [0.1, 0.15) is 5.54 Å². The second-order valence-corrected chi connectivity index (χ2v) is 5.12. The Hall–Kier alpha value is -0.610. The normalized spacial score (nSPS) is 15.2. The van der Waals surface area contributed by atoms with Crippen LogP contribution in [0.25, 0.3) is 0 Å². The first kappa shape index (κ1) is 16.4. The van der Waals surface area contributed by atoms with Gasteiger partial charge in [-0.15, -0.1) is 0 Å². The van der Waals surface area contributed by atoms with Crippen molar-refractivity contribution in [1.82, 2.24) is 10.2 Å². The predicted octanol–water partition coefficient (Wildman–Crippen LogP) is 1.95. The molecule has 0 rings (SSSR count). The van der Waals surface area contributed by atoms with Gasteiger partial charge < -0.3 is 10.0 Å². The largest absolute Gasteiger partial charge is 0.480 e. The molecular formula is C13H28N2O2. The van der Waals surface area contributed by atoms with E-state index in [0.717, 1.165) is 26.1 Å². The van der Waals surface area contributed by atoms with Crippen LogP contribution >= 0.6 is 0 Å². The number of aliphatic carboxylic acids is 1. The second-order valence-electron chi connectivity index (χ2n) is 5.12. The summed E-state index contributed by atoms with van der Waals surface area (Å²) in [6.45, 7) is 12.8. The quantitative estimate of drug-likeness (QED) is 0.651. The van der Waals surface area contributed by atoms with Gasteiger partial charge in [-0.1, -0.05) is 13.8 Å². The van der Waals surface area contributed by atoms with Crippen molar-refractivity contribution >= 4 is 5.97 Å². The monoisotopic (exact) mass is 244 g/mol. The molecule has 17 heavy (non-hydrogen) atoms. The van der Waals surface area contributed by atoms with Crippen molar-refractivity contribution in [2.75, 3.05) is 19.6 Å². The molecule has 4 nitrogen and oxygen atoms in total. The fourth-order valence-electron chi connectivity index (χ4n) is 2.00. The van der Waals surface area contributed by atoms with E-state index >= 15 is 0 Å². The summed E-state index contributed by atoms with van der Waals surface area (Å²) in [7, 11) is 0. The first-order chi connectivity index (χ1) is 7.85. The van der Waals surface area contributed by atoms with Crippen molar-refractivity contribution < 1.29 is 9.90 Å². The average molecular weight is 244 g/mol. The summed E-state index contributed by atoms with van der Waals surface area (Å²) < 4.78 is 0. The highest BCUT2D eigenvalue weighted by molar-refractivity contribution is 5.78. The molecule has 102 valence electrons. The molecule has 0 aliphatic heterocycles. The molecule has 1 unspecified atom stereocenters. The molecule has 0 saturated heterocycles. The summed E-state index contributed by atoms with van der Waals surface area (Å²) in [5.41, 5.74) is -0.824. The second kappa shape index (κ2) is 7.67. The number of nitrogens with one attached hydrogen (secondary N) is 1. The minimum absolute atomic E-state index is 0.178. The Bertz CT molecular complexity index is 231. The van der Waals surface area contributed by atoms with Gasteiger partial charge in [0.25, 0.3) is 0 Å².